The molecule has 106 valence electrons. The van der Waals surface area contributed by atoms with Crippen LogP contribution in [0.25, 0.3) is 5.65 Å². The van der Waals surface area contributed by atoms with Crippen LogP contribution in [0.1, 0.15) is 44.8 Å². The Morgan fingerprint density at radius 2 is 2.14 bits per heavy atom. The molecule has 0 aliphatic heterocycles. The van der Waals surface area contributed by atoms with Crippen LogP contribution in [0.15, 0.2) is 24.5 Å². The maximum atomic E-state index is 10.7. The van der Waals surface area contributed by atoms with E-state index >= 15 is 0 Å². The van der Waals surface area contributed by atoms with Gasteiger partial charge in [0.15, 0.2) is 5.01 Å². The summed E-state index contributed by atoms with van der Waals surface area (Å²) in [7, 11) is 0. The number of aromatic nitrogens is 4. The second-order valence-corrected chi connectivity index (χ2v) is 6.26. The molecule has 3 heterocycles. The second kappa shape index (κ2) is 5.84. The van der Waals surface area contributed by atoms with Crippen LogP contribution in [0, 0.1) is 0 Å². The number of carbonyl (C=O) groups is 1. The molecule has 0 saturated heterocycles. The van der Waals surface area contributed by atoms with Crippen LogP contribution < -0.4 is 24.0 Å². The number of carboxylic acid groups (broad SMARTS) is 1. The number of hydrogen-bond donors (Lipinski definition) is 0. The number of nitrogens with zero attached hydrogens (tertiary/aromatic N) is 4. The molecular formula is C14H11LiN4O2S. The first-order chi connectivity index (χ1) is 10.2. The van der Waals surface area contributed by atoms with Gasteiger partial charge in [-0.05, 0) is 30.4 Å². The molecule has 0 N–H and O–H groups in total. The first kappa shape index (κ1) is 15.2. The molecule has 0 unspecified atom stereocenters. The van der Waals surface area contributed by atoms with Gasteiger partial charge in [0.2, 0.25) is 0 Å². The van der Waals surface area contributed by atoms with Crippen molar-refractivity contribution in [2.75, 3.05) is 0 Å². The minimum Gasteiger partial charge on any atom is -0.542 e. The number of pyridine rings is 1. The quantitative estimate of drug-likeness (QED) is 0.522. The third-order valence-electron chi connectivity index (χ3n) is 3.55. The molecule has 0 spiro atoms. The number of hydrogen-bond acceptors (Lipinski definition) is 6. The maximum Gasteiger partial charge on any atom is 1.00 e. The van der Waals surface area contributed by atoms with Gasteiger partial charge >= 0.3 is 18.9 Å². The smallest absolute Gasteiger partial charge is 0.542 e. The van der Waals surface area contributed by atoms with Gasteiger partial charge in [0.25, 0.3) is 0 Å². The van der Waals surface area contributed by atoms with Crippen molar-refractivity contribution >= 4 is 23.0 Å². The molecule has 3 aromatic heterocycles. The normalized spacial score (nSPS) is 14.0. The van der Waals surface area contributed by atoms with Gasteiger partial charge < -0.3 is 14.3 Å². The van der Waals surface area contributed by atoms with Gasteiger partial charge in [-0.15, -0.1) is 10.2 Å². The number of fused-ring (bicyclic) bond motifs is 1. The van der Waals surface area contributed by atoms with Crippen LogP contribution in [0.5, 0.6) is 0 Å². The Hall–Kier alpha value is -1.68. The largest absolute Gasteiger partial charge is 1.00 e. The van der Waals surface area contributed by atoms with Crippen LogP contribution in [0.3, 0.4) is 0 Å². The van der Waals surface area contributed by atoms with Crippen molar-refractivity contribution in [3.8, 4) is 0 Å². The van der Waals surface area contributed by atoms with Gasteiger partial charge in [-0.25, -0.2) is 4.98 Å². The van der Waals surface area contributed by atoms with Crippen molar-refractivity contribution in [1.29, 1.82) is 0 Å². The fourth-order valence-electron chi connectivity index (χ4n) is 2.37. The predicted octanol–water partition coefficient (Wildman–Crippen LogP) is -1.98. The van der Waals surface area contributed by atoms with Crippen molar-refractivity contribution in [2.45, 2.75) is 25.2 Å². The zero-order valence-corrected chi connectivity index (χ0v) is 12.8. The van der Waals surface area contributed by atoms with E-state index in [4.69, 9.17) is 0 Å². The van der Waals surface area contributed by atoms with Gasteiger partial charge in [0.1, 0.15) is 16.6 Å². The molecule has 8 heteroatoms. The standard InChI is InChI=1S/C14H12N4O2S.Li/c19-14(20)13-17-16-12(21-13)5-10-7-18-6-9(8-1-2-8)3-4-11(18)15-10;/h3-4,6-8H,1-2,5H2,(H,19,20);/q;+1/p-1. The predicted molar refractivity (Wildman–Crippen MR) is 74.2 cm³/mol. The first-order valence-corrected chi connectivity index (χ1v) is 7.52. The monoisotopic (exact) mass is 306 g/mol. The number of imidazole rings is 1. The van der Waals surface area contributed by atoms with E-state index in [0.29, 0.717) is 17.3 Å². The summed E-state index contributed by atoms with van der Waals surface area (Å²) in [6, 6.07) is 4.15. The summed E-state index contributed by atoms with van der Waals surface area (Å²) in [5.41, 5.74) is 3.09. The van der Waals surface area contributed by atoms with Crippen LogP contribution in [0.4, 0.5) is 0 Å². The van der Waals surface area contributed by atoms with Gasteiger partial charge in [-0.2, -0.15) is 0 Å². The molecule has 1 aliphatic carbocycles. The fourth-order valence-corrected chi connectivity index (χ4v) is 3.06. The average molecular weight is 306 g/mol. The molecule has 1 fully saturated rings. The Bertz CT molecular complexity index is 840. The summed E-state index contributed by atoms with van der Waals surface area (Å²) in [5.74, 6) is -0.586. The van der Waals surface area contributed by atoms with Crippen LogP contribution in [-0.2, 0) is 6.42 Å². The Labute approximate surface area is 142 Å². The molecule has 0 radical (unpaired) electrons. The van der Waals surface area contributed by atoms with Gasteiger partial charge in [-0.1, -0.05) is 17.4 Å². The number of carboxylic acids is 1. The molecule has 1 saturated carbocycles. The van der Waals surface area contributed by atoms with Gasteiger partial charge in [0, 0.05) is 18.8 Å². The van der Waals surface area contributed by atoms with Crippen molar-refractivity contribution in [2.24, 2.45) is 0 Å². The molecule has 4 rings (SSSR count). The zero-order valence-electron chi connectivity index (χ0n) is 12.0. The summed E-state index contributed by atoms with van der Waals surface area (Å²) < 4.78 is 2.02. The summed E-state index contributed by atoms with van der Waals surface area (Å²) >= 11 is 1.03. The number of rotatable bonds is 4. The molecule has 1 aliphatic rings. The van der Waals surface area contributed by atoms with E-state index in [2.05, 4.69) is 27.4 Å². The van der Waals surface area contributed by atoms with E-state index in [0.717, 1.165) is 22.7 Å². The molecule has 0 aromatic carbocycles. The van der Waals surface area contributed by atoms with E-state index in [1.165, 1.54) is 18.4 Å². The Morgan fingerprint density at radius 1 is 1.32 bits per heavy atom. The van der Waals surface area contributed by atoms with E-state index in [9.17, 15) is 9.90 Å². The average Bonchev–Trinajstić information content (AvgIpc) is 3.07. The topological polar surface area (TPSA) is 83.2 Å². The van der Waals surface area contributed by atoms with E-state index < -0.39 is 5.97 Å². The van der Waals surface area contributed by atoms with Crippen molar-refractivity contribution in [3.63, 3.8) is 0 Å². The number of aromatic carboxylic acids is 1. The third kappa shape index (κ3) is 2.93. The summed E-state index contributed by atoms with van der Waals surface area (Å²) in [4.78, 5) is 15.2. The summed E-state index contributed by atoms with van der Waals surface area (Å²) in [6.07, 6.45) is 7.09. The van der Waals surface area contributed by atoms with Crippen LogP contribution in [0.2, 0.25) is 0 Å². The molecule has 0 amide bonds. The van der Waals surface area contributed by atoms with E-state index in [-0.39, 0.29) is 23.9 Å². The molecule has 3 aromatic rings. The molecule has 6 nitrogen and oxygen atoms in total. The van der Waals surface area contributed by atoms with Crippen LogP contribution >= 0.6 is 11.3 Å². The Morgan fingerprint density at radius 3 is 2.82 bits per heavy atom. The fraction of sp³-hybridized carbons (Fsp3) is 0.286. The van der Waals surface area contributed by atoms with Gasteiger partial charge in [0.05, 0.1) is 5.69 Å². The number of carbonyl (C=O) groups excluding carboxylic acids is 1. The first-order valence-electron chi connectivity index (χ1n) is 6.70. The molecule has 0 bridgehead atoms. The summed E-state index contributed by atoms with van der Waals surface area (Å²) in [5, 5.41) is 18.7. The SMILES string of the molecule is O=C([O-])c1nnc(Cc2cn3cc(C4CC4)ccc3n2)s1.[Li+]. The minimum absolute atomic E-state index is 0. The van der Waals surface area contributed by atoms with Crippen molar-refractivity contribution < 1.29 is 28.8 Å². The maximum absolute atomic E-state index is 10.7. The molecule has 22 heavy (non-hydrogen) atoms. The minimum atomic E-state index is -1.29. The molecule has 0 atom stereocenters. The Kier molecular flexibility index (Phi) is 4.04. The zero-order chi connectivity index (χ0) is 14.4. The second-order valence-electron chi connectivity index (χ2n) is 5.20. The third-order valence-corrected chi connectivity index (χ3v) is 4.45. The van der Waals surface area contributed by atoms with Crippen molar-refractivity contribution in [3.05, 3.63) is 45.8 Å². The Balaban J connectivity index is 0.00000144. The van der Waals surface area contributed by atoms with E-state index in [1.807, 2.05) is 16.7 Å². The van der Waals surface area contributed by atoms with E-state index in [1.54, 1.807) is 0 Å². The van der Waals surface area contributed by atoms with Crippen LogP contribution in [-0.4, -0.2) is 25.6 Å². The summed E-state index contributed by atoms with van der Waals surface area (Å²) in [6.45, 7) is 0. The van der Waals surface area contributed by atoms with Crippen molar-refractivity contribution in [1.82, 2.24) is 19.6 Å². The molecular weight excluding hydrogens is 295 g/mol. The van der Waals surface area contributed by atoms with Gasteiger partial charge in [-0.3, -0.25) is 0 Å².